The van der Waals surface area contributed by atoms with Crippen LogP contribution >= 0.6 is 0 Å². The Morgan fingerprint density at radius 3 is 2.78 bits per heavy atom. The summed E-state index contributed by atoms with van der Waals surface area (Å²) in [6.45, 7) is 1.15. The van der Waals surface area contributed by atoms with E-state index in [0.29, 0.717) is 6.42 Å². The SMILES string of the molecule is O=C(N[C@H]1CCC[C@@H](N2CCCC2=O)C1)OCc1ccccc1. The van der Waals surface area contributed by atoms with Gasteiger partial charge in [-0.15, -0.1) is 0 Å². The normalized spacial score (nSPS) is 24.5. The van der Waals surface area contributed by atoms with Crippen molar-refractivity contribution in [1.82, 2.24) is 10.2 Å². The van der Waals surface area contributed by atoms with Crippen molar-refractivity contribution in [2.24, 2.45) is 0 Å². The minimum Gasteiger partial charge on any atom is -0.445 e. The Labute approximate surface area is 137 Å². The van der Waals surface area contributed by atoms with Crippen LogP contribution in [-0.4, -0.2) is 35.5 Å². The molecule has 1 saturated carbocycles. The standard InChI is InChI=1S/C18H24N2O3/c21-17-10-5-11-20(17)16-9-4-8-15(12-16)19-18(22)23-13-14-6-2-1-3-7-14/h1-3,6-7,15-16H,4-5,8-13H2,(H,19,22)/t15-,16+/m0/s1. The summed E-state index contributed by atoms with van der Waals surface area (Å²) in [5.41, 5.74) is 0.979. The van der Waals surface area contributed by atoms with Crippen LogP contribution in [0.2, 0.25) is 0 Å². The van der Waals surface area contributed by atoms with Gasteiger partial charge in [0, 0.05) is 25.0 Å². The fourth-order valence-electron chi connectivity index (χ4n) is 3.56. The number of nitrogens with zero attached hydrogens (tertiary/aromatic N) is 1. The van der Waals surface area contributed by atoms with Gasteiger partial charge >= 0.3 is 6.09 Å². The number of hydrogen-bond donors (Lipinski definition) is 1. The molecule has 0 radical (unpaired) electrons. The summed E-state index contributed by atoms with van der Waals surface area (Å²) >= 11 is 0. The average Bonchev–Trinajstić information content (AvgIpc) is 3.00. The summed E-state index contributed by atoms with van der Waals surface area (Å²) in [7, 11) is 0. The van der Waals surface area contributed by atoms with Crippen molar-refractivity contribution in [2.45, 2.75) is 57.2 Å². The lowest BCUT2D eigenvalue weighted by atomic mass is 9.90. The second kappa shape index (κ2) is 7.49. The number of hydrogen-bond acceptors (Lipinski definition) is 3. The third-order valence-corrected chi connectivity index (χ3v) is 4.73. The van der Waals surface area contributed by atoms with E-state index in [0.717, 1.165) is 44.2 Å². The first-order chi connectivity index (χ1) is 11.2. The van der Waals surface area contributed by atoms with Gasteiger partial charge in [-0.1, -0.05) is 30.3 Å². The van der Waals surface area contributed by atoms with Crippen LogP contribution in [0.25, 0.3) is 0 Å². The maximum atomic E-state index is 12.0. The quantitative estimate of drug-likeness (QED) is 0.929. The van der Waals surface area contributed by atoms with Gasteiger partial charge in [-0.3, -0.25) is 4.79 Å². The molecule has 124 valence electrons. The topological polar surface area (TPSA) is 58.6 Å². The van der Waals surface area contributed by atoms with E-state index < -0.39 is 0 Å². The number of ether oxygens (including phenoxy) is 1. The van der Waals surface area contributed by atoms with Crippen molar-refractivity contribution < 1.29 is 14.3 Å². The molecule has 5 nitrogen and oxygen atoms in total. The van der Waals surface area contributed by atoms with Crippen molar-refractivity contribution in [2.75, 3.05) is 6.54 Å². The van der Waals surface area contributed by atoms with E-state index >= 15 is 0 Å². The Morgan fingerprint density at radius 2 is 2.04 bits per heavy atom. The number of amides is 2. The summed E-state index contributed by atoms with van der Waals surface area (Å²) in [6.07, 6.45) is 5.15. The maximum Gasteiger partial charge on any atom is 0.407 e. The number of likely N-dealkylation sites (tertiary alicyclic amines) is 1. The first-order valence-electron chi connectivity index (χ1n) is 8.49. The molecule has 0 unspecified atom stereocenters. The molecular formula is C18H24N2O3. The Morgan fingerprint density at radius 1 is 1.22 bits per heavy atom. The number of alkyl carbamates (subject to hydrolysis) is 1. The van der Waals surface area contributed by atoms with Crippen LogP contribution in [0.5, 0.6) is 0 Å². The molecule has 1 aliphatic carbocycles. The molecule has 2 amide bonds. The van der Waals surface area contributed by atoms with Crippen molar-refractivity contribution in [3.63, 3.8) is 0 Å². The molecule has 1 aromatic carbocycles. The molecule has 2 aliphatic rings. The molecule has 2 atom stereocenters. The third-order valence-electron chi connectivity index (χ3n) is 4.73. The summed E-state index contributed by atoms with van der Waals surface area (Å²) in [6, 6.07) is 10.0. The van der Waals surface area contributed by atoms with Gasteiger partial charge in [0.25, 0.3) is 0 Å². The lowest BCUT2D eigenvalue weighted by molar-refractivity contribution is -0.130. The molecule has 1 N–H and O–H groups in total. The molecule has 2 fully saturated rings. The molecule has 5 heteroatoms. The van der Waals surface area contributed by atoms with Crippen LogP contribution in [0.15, 0.2) is 30.3 Å². The molecule has 23 heavy (non-hydrogen) atoms. The lowest BCUT2D eigenvalue weighted by Crippen LogP contribution is -2.46. The third kappa shape index (κ3) is 4.24. The fourth-order valence-corrected chi connectivity index (χ4v) is 3.56. The van der Waals surface area contributed by atoms with Gasteiger partial charge in [0.1, 0.15) is 6.61 Å². The summed E-state index contributed by atoms with van der Waals surface area (Å²) in [5, 5.41) is 2.96. The maximum absolute atomic E-state index is 12.0. The van der Waals surface area contributed by atoms with Crippen LogP contribution < -0.4 is 5.32 Å². The molecule has 1 aliphatic heterocycles. The van der Waals surface area contributed by atoms with Crippen LogP contribution in [0.1, 0.15) is 44.1 Å². The Balaban J connectivity index is 1.45. The monoisotopic (exact) mass is 316 g/mol. The van der Waals surface area contributed by atoms with Crippen molar-refractivity contribution in [1.29, 1.82) is 0 Å². The number of rotatable bonds is 4. The van der Waals surface area contributed by atoms with Crippen LogP contribution in [-0.2, 0) is 16.1 Å². The summed E-state index contributed by atoms with van der Waals surface area (Å²) in [4.78, 5) is 25.8. The predicted molar refractivity (Wildman–Crippen MR) is 86.8 cm³/mol. The van der Waals surface area contributed by atoms with E-state index in [1.165, 1.54) is 0 Å². The highest BCUT2D eigenvalue weighted by atomic mass is 16.5. The van der Waals surface area contributed by atoms with Gasteiger partial charge in [0.05, 0.1) is 0 Å². The Kier molecular flexibility index (Phi) is 5.16. The van der Waals surface area contributed by atoms with Gasteiger partial charge in [-0.05, 0) is 37.7 Å². The zero-order valence-electron chi connectivity index (χ0n) is 13.4. The van der Waals surface area contributed by atoms with Gasteiger partial charge in [-0.25, -0.2) is 4.79 Å². The van der Waals surface area contributed by atoms with E-state index in [9.17, 15) is 9.59 Å². The molecule has 1 saturated heterocycles. The Bertz CT molecular complexity index is 546. The van der Waals surface area contributed by atoms with Crippen molar-refractivity contribution in [3.05, 3.63) is 35.9 Å². The summed E-state index contributed by atoms with van der Waals surface area (Å²) in [5.74, 6) is 0.266. The number of carbonyl (C=O) groups is 2. The van der Waals surface area contributed by atoms with E-state index in [-0.39, 0.29) is 30.7 Å². The molecule has 0 aromatic heterocycles. The zero-order valence-corrected chi connectivity index (χ0v) is 13.4. The van der Waals surface area contributed by atoms with Gasteiger partial charge in [0.2, 0.25) is 5.91 Å². The molecule has 1 aromatic rings. The highest BCUT2D eigenvalue weighted by molar-refractivity contribution is 5.78. The molecule has 0 bridgehead atoms. The van der Waals surface area contributed by atoms with Gasteiger partial charge < -0.3 is 15.0 Å². The smallest absolute Gasteiger partial charge is 0.407 e. The van der Waals surface area contributed by atoms with Crippen LogP contribution in [0, 0.1) is 0 Å². The molecule has 0 spiro atoms. The zero-order chi connectivity index (χ0) is 16.1. The second-order valence-corrected chi connectivity index (χ2v) is 6.41. The first-order valence-corrected chi connectivity index (χ1v) is 8.49. The predicted octanol–water partition coefficient (Wildman–Crippen LogP) is 2.85. The van der Waals surface area contributed by atoms with Crippen LogP contribution in [0.4, 0.5) is 4.79 Å². The number of nitrogens with one attached hydrogen (secondary N) is 1. The van der Waals surface area contributed by atoms with E-state index in [4.69, 9.17) is 4.74 Å². The number of carbonyl (C=O) groups excluding carboxylic acids is 2. The minimum atomic E-state index is -0.368. The van der Waals surface area contributed by atoms with E-state index in [1.54, 1.807) is 0 Å². The molecule has 3 rings (SSSR count). The van der Waals surface area contributed by atoms with Crippen molar-refractivity contribution in [3.8, 4) is 0 Å². The first kappa shape index (κ1) is 15.8. The van der Waals surface area contributed by atoms with Crippen molar-refractivity contribution >= 4 is 12.0 Å². The molecular weight excluding hydrogens is 292 g/mol. The largest absolute Gasteiger partial charge is 0.445 e. The van der Waals surface area contributed by atoms with Gasteiger partial charge in [-0.2, -0.15) is 0 Å². The Hall–Kier alpha value is -2.04. The van der Waals surface area contributed by atoms with E-state index in [1.807, 2.05) is 35.2 Å². The average molecular weight is 316 g/mol. The highest BCUT2D eigenvalue weighted by Crippen LogP contribution is 2.26. The van der Waals surface area contributed by atoms with E-state index in [2.05, 4.69) is 5.32 Å². The fraction of sp³-hybridized carbons (Fsp3) is 0.556. The van der Waals surface area contributed by atoms with Gasteiger partial charge in [0.15, 0.2) is 0 Å². The molecule has 1 heterocycles. The van der Waals surface area contributed by atoms with Crippen LogP contribution in [0.3, 0.4) is 0 Å². The summed E-state index contributed by atoms with van der Waals surface area (Å²) < 4.78 is 5.28. The lowest BCUT2D eigenvalue weighted by Gasteiger charge is -2.35. The minimum absolute atomic E-state index is 0.102. The number of benzene rings is 1. The highest BCUT2D eigenvalue weighted by Gasteiger charge is 2.32. The second-order valence-electron chi connectivity index (χ2n) is 6.41.